The van der Waals surface area contributed by atoms with E-state index in [1.54, 1.807) is 43.6 Å². The second-order valence-electron chi connectivity index (χ2n) is 4.27. The molecule has 0 N–H and O–H groups in total. The second kappa shape index (κ2) is 11.7. The van der Waals surface area contributed by atoms with Crippen molar-refractivity contribution in [3.63, 3.8) is 0 Å². The van der Waals surface area contributed by atoms with Gasteiger partial charge < -0.3 is 0 Å². The minimum absolute atomic E-state index is 0.101. The predicted octanol–water partition coefficient (Wildman–Crippen LogP) is 4.68. The van der Waals surface area contributed by atoms with Gasteiger partial charge in [-0.1, -0.05) is 17.7 Å². The number of rotatable bonds is 2. The number of benzene rings is 1. The Morgan fingerprint density at radius 2 is 1.39 bits per heavy atom. The molecule has 0 aliphatic heterocycles. The molecule has 0 aliphatic carbocycles. The molecule has 3 aromatic rings. The molecule has 0 spiro atoms. The van der Waals surface area contributed by atoms with Crippen molar-refractivity contribution in [2.75, 3.05) is 0 Å². The topological polar surface area (TPSA) is 42.9 Å². The van der Waals surface area contributed by atoms with Gasteiger partial charge in [0.05, 0.1) is 11.4 Å². The summed E-state index contributed by atoms with van der Waals surface area (Å²) in [5, 5.41) is 0. The quantitative estimate of drug-likeness (QED) is 0.348. The van der Waals surface area contributed by atoms with Crippen LogP contribution in [-0.2, 0) is 13.7 Å². The van der Waals surface area contributed by atoms with Crippen molar-refractivity contribution in [2.45, 2.75) is 6.92 Å². The van der Waals surface area contributed by atoms with Gasteiger partial charge in [-0.15, -0.1) is 0 Å². The maximum atomic E-state index is 10.6. The summed E-state index contributed by atoms with van der Waals surface area (Å²) >= 11 is 6.25. The molecule has 0 fully saturated rings. The van der Waals surface area contributed by atoms with Crippen molar-refractivity contribution in [1.82, 2.24) is 9.97 Å². The zero-order chi connectivity index (χ0) is 16.9. The Hall–Kier alpha value is -1.84. The summed E-state index contributed by atoms with van der Waals surface area (Å²) in [6.45, 7) is 1.55. The molecule has 3 rings (SSSR count). The fourth-order valence-corrected chi connectivity index (χ4v) is 1.65. The van der Waals surface area contributed by atoms with E-state index < -0.39 is 0 Å². The van der Waals surface area contributed by atoms with Crippen molar-refractivity contribution in [3.8, 4) is 11.4 Å². The number of aromatic nitrogens is 2. The van der Waals surface area contributed by atoms with Crippen molar-refractivity contribution in [3.05, 3.63) is 84.7 Å². The van der Waals surface area contributed by atoms with Gasteiger partial charge in [0.15, 0.2) is 0 Å². The number of pyridine rings is 2. The summed E-state index contributed by atoms with van der Waals surface area (Å²) in [5.74, 6) is 0.101. The van der Waals surface area contributed by atoms with Crippen LogP contribution in [0.1, 0.15) is 17.3 Å². The average Bonchev–Trinajstić information content (AvgIpc) is 2.66. The number of carbonyl (C=O) groups is 1. The molecular weight excluding hydrogens is 399 g/mol. The van der Waals surface area contributed by atoms with Crippen LogP contribution < -0.4 is 0 Å². The Labute approximate surface area is 151 Å². The molecule has 1 aromatic carbocycles. The van der Waals surface area contributed by atoms with Crippen LogP contribution in [-0.4, -0.2) is 15.8 Å². The molecule has 23 heavy (non-hydrogen) atoms. The predicted molar refractivity (Wildman–Crippen MR) is 91.7 cm³/mol. The van der Waals surface area contributed by atoms with E-state index in [-0.39, 0.29) is 5.78 Å². The molecule has 0 saturated carbocycles. The van der Waals surface area contributed by atoms with E-state index in [1.807, 2.05) is 36.4 Å². The Morgan fingerprint density at radius 3 is 1.70 bits per heavy atom. The number of Topliss-reactive ketones (excluding diaryl/α,β-unsaturated/α-hetero) is 1. The third kappa shape index (κ3) is 7.31. The van der Waals surface area contributed by atoms with Gasteiger partial charge in [0.25, 0.3) is 0 Å². The summed E-state index contributed by atoms with van der Waals surface area (Å²) < 4.78 is 0. The molecule has 121 valence electrons. The molecular formula is C18H15BrN2NiO-. The van der Waals surface area contributed by atoms with Crippen LogP contribution in [0.2, 0.25) is 0 Å². The van der Waals surface area contributed by atoms with Gasteiger partial charge in [-0.05, 0) is 31.2 Å². The summed E-state index contributed by atoms with van der Waals surface area (Å²) in [4.78, 5) is 19.0. The summed E-state index contributed by atoms with van der Waals surface area (Å²) in [6.07, 6.45) is 3.54. The van der Waals surface area contributed by atoms with E-state index in [9.17, 15) is 4.79 Å². The van der Waals surface area contributed by atoms with E-state index in [4.69, 9.17) is 0 Å². The third-order valence-electron chi connectivity index (χ3n) is 2.72. The first-order valence-electron chi connectivity index (χ1n) is 6.69. The molecule has 0 radical (unpaired) electrons. The van der Waals surface area contributed by atoms with Gasteiger partial charge in [0.2, 0.25) is 0 Å². The number of halogens is 1. The first kappa shape index (κ1) is 19.2. The number of carbonyl (C=O) groups excluding carboxylic acids is 1. The van der Waals surface area contributed by atoms with E-state index >= 15 is 0 Å². The van der Waals surface area contributed by atoms with Crippen LogP contribution in [0.4, 0.5) is 0 Å². The SMILES string of the molecule is CC(=O)c1cc[c-]cc1.[Ni][Br].c1ccc(-c2ccccn2)nc1. The van der Waals surface area contributed by atoms with E-state index in [0.717, 1.165) is 17.0 Å². The first-order chi connectivity index (χ1) is 11.3. The van der Waals surface area contributed by atoms with Gasteiger partial charge in [-0.3, -0.25) is 14.8 Å². The average molecular weight is 414 g/mol. The van der Waals surface area contributed by atoms with Crippen LogP contribution in [0.25, 0.3) is 11.4 Å². The van der Waals surface area contributed by atoms with Gasteiger partial charge in [0, 0.05) is 12.4 Å². The maximum absolute atomic E-state index is 10.6. The number of hydrogen-bond donors (Lipinski definition) is 0. The standard InChI is InChI=1S/C10H8N2.C8H7O.BrH.Ni/c1-3-7-11-9(5-1)10-6-2-4-8-12-10;1-7(9)8-5-3-2-4-6-8;;/h1-8H;3-6H,1H3;1H;/q;-1;;+1/p-1. The monoisotopic (exact) mass is 412 g/mol. The van der Waals surface area contributed by atoms with Crippen molar-refractivity contribution >= 4 is 20.0 Å². The molecule has 0 aliphatic rings. The van der Waals surface area contributed by atoms with E-state index in [0.29, 0.717) is 0 Å². The molecule has 0 amide bonds. The van der Waals surface area contributed by atoms with Gasteiger partial charge >= 0.3 is 27.9 Å². The molecule has 2 aromatic heterocycles. The van der Waals surface area contributed by atoms with E-state index in [1.165, 1.54) is 0 Å². The molecule has 0 unspecified atom stereocenters. The van der Waals surface area contributed by atoms with Crippen LogP contribution in [0.3, 0.4) is 0 Å². The van der Waals surface area contributed by atoms with Crippen LogP contribution >= 0.6 is 14.2 Å². The Kier molecular flexibility index (Phi) is 9.77. The first-order valence-corrected chi connectivity index (χ1v) is 9.13. The smallest absolute Gasteiger partial charge is 0.0886 e. The van der Waals surface area contributed by atoms with Gasteiger partial charge in [0.1, 0.15) is 5.78 Å². The van der Waals surface area contributed by atoms with Gasteiger partial charge in [-0.25, -0.2) is 0 Å². The molecule has 0 atom stereocenters. The molecule has 2 heterocycles. The number of ketones is 1. The summed E-state index contributed by atoms with van der Waals surface area (Å²) in [7, 11) is 0. The zero-order valence-electron chi connectivity index (χ0n) is 12.4. The zero-order valence-corrected chi connectivity index (χ0v) is 15.0. The minimum Gasteiger partial charge on any atom is -0.255 e. The van der Waals surface area contributed by atoms with Crippen LogP contribution in [0.15, 0.2) is 73.1 Å². The number of hydrogen-bond acceptors (Lipinski definition) is 3. The van der Waals surface area contributed by atoms with Crippen LogP contribution in [0.5, 0.6) is 0 Å². The minimum atomic E-state index is 0.101. The second-order valence-corrected chi connectivity index (χ2v) is 4.27. The normalized spacial score (nSPS) is 8.87. The Morgan fingerprint density at radius 1 is 0.913 bits per heavy atom. The van der Waals surface area contributed by atoms with Crippen LogP contribution in [0, 0.1) is 6.07 Å². The molecule has 3 nitrogen and oxygen atoms in total. The Bertz CT molecular complexity index is 642. The Balaban J connectivity index is 0.000000215. The number of nitrogens with zero attached hydrogens (tertiary/aromatic N) is 2. The fraction of sp³-hybridized carbons (Fsp3) is 0.0556. The molecule has 0 saturated heterocycles. The van der Waals surface area contributed by atoms with E-state index in [2.05, 4.69) is 44.0 Å². The van der Waals surface area contributed by atoms with Crippen molar-refractivity contribution < 1.29 is 18.5 Å². The van der Waals surface area contributed by atoms with Gasteiger partial charge in [-0.2, -0.15) is 30.3 Å². The third-order valence-corrected chi connectivity index (χ3v) is 2.72. The fourth-order valence-electron chi connectivity index (χ4n) is 1.65. The maximum Gasteiger partial charge on any atom is 0.0886 e. The van der Waals surface area contributed by atoms with Crippen molar-refractivity contribution in [2.24, 2.45) is 0 Å². The largest absolute Gasteiger partial charge is 0.255 e. The molecule has 5 heteroatoms. The van der Waals surface area contributed by atoms with Crippen molar-refractivity contribution in [1.29, 1.82) is 0 Å². The summed E-state index contributed by atoms with van der Waals surface area (Å²) in [6, 6.07) is 21.4. The summed E-state index contributed by atoms with van der Waals surface area (Å²) in [5.41, 5.74) is 2.57. The molecule has 0 bridgehead atoms.